The molecule has 1 amide bonds. The molecule has 0 bridgehead atoms. The molecule has 0 atom stereocenters. The predicted molar refractivity (Wildman–Crippen MR) is 82.9 cm³/mol. The maximum Gasteiger partial charge on any atom is 0.257 e. The molecule has 0 fully saturated rings. The monoisotopic (exact) mass is 356 g/mol. The SMILES string of the molecule is CC(C)(C)c1csc(NC(=O)c2ccc(F)c(Br)c2)n1. The van der Waals surface area contributed by atoms with Crippen molar-refractivity contribution in [3.8, 4) is 0 Å². The first-order chi connectivity index (χ1) is 9.27. The van der Waals surface area contributed by atoms with E-state index in [4.69, 9.17) is 0 Å². The number of amides is 1. The zero-order valence-corrected chi connectivity index (χ0v) is 13.7. The van der Waals surface area contributed by atoms with Crippen molar-refractivity contribution in [3.63, 3.8) is 0 Å². The van der Waals surface area contributed by atoms with E-state index in [1.54, 1.807) is 0 Å². The van der Waals surface area contributed by atoms with Crippen LogP contribution in [0.25, 0.3) is 0 Å². The lowest BCUT2D eigenvalue weighted by Gasteiger charge is -2.14. The quantitative estimate of drug-likeness (QED) is 0.854. The lowest BCUT2D eigenvalue weighted by atomic mass is 9.93. The molecule has 0 saturated heterocycles. The zero-order valence-electron chi connectivity index (χ0n) is 11.3. The molecule has 2 aromatic rings. The fourth-order valence-electron chi connectivity index (χ4n) is 1.48. The second-order valence-corrected chi connectivity index (χ2v) is 7.08. The molecule has 1 aromatic carbocycles. The van der Waals surface area contributed by atoms with Crippen molar-refractivity contribution >= 4 is 38.3 Å². The minimum Gasteiger partial charge on any atom is -0.298 e. The number of nitrogens with zero attached hydrogens (tertiary/aromatic N) is 1. The van der Waals surface area contributed by atoms with Gasteiger partial charge in [-0.15, -0.1) is 11.3 Å². The first kappa shape index (κ1) is 15.1. The fourth-order valence-corrected chi connectivity index (χ4v) is 2.79. The van der Waals surface area contributed by atoms with E-state index in [1.165, 1.54) is 29.5 Å². The van der Waals surface area contributed by atoms with Gasteiger partial charge in [0.15, 0.2) is 5.13 Å². The number of nitrogens with one attached hydrogen (secondary N) is 1. The van der Waals surface area contributed by atoms with E-state index >= 15 is 0 Å². The van der Waals surface area contributed by atoms with Crippen LogP contribution in [-0.4, -0.2) is 10.9 Å². The Morgan fingerprint density at radius 1 is 1.40 bits per heavy atom. The van der Waals surface area contributed by atoms with E-state index in [0.29, 0.717) is 10.7 Å². The molecule has 20 heavy (non-hydrogen) atoms. The highest BCUT2D eigenvalue weighted by Crippen LogP contribution is 2.26. The summed E-state index contributed by atoms with van der Waals surface area (Å²) < 4.78 is 13.4. The summed E-state index contributed by atoms with van der Waals surface area (Å²) in [5.74, 6) is -0.702. The van der Waals surface area contributed by atoms with Crippen LogP contribution in [0.1, 0.15) is 36.8 Å². The van der Waals surface area contributed by atoms with Gasteiger partial charge in [-0.3, -0.25) is 10.1 Å². The maximum absolute atomic E-state index is 13.1. The lowest BCUT2D eigenvalue weighted by molar-refractivity contribution is 0.102. The average Bonchev–Trinajstić information content (AvgIpc) is 2.81. The number of benzene rings is 1. The number of rotatable bonds is 2. The second-order valence-electron chi connectivity index (χ2n) is 5.37. The van der Waals surface area contributed by atoms with Crippen molar-refractivity contribution in [2.45, 2.75) is 26.2 Å². The standard InChI is InChI=1S/C14H14BrFN2OS/c1-14(2,3)11-7-20-13(17-11)18-12(19)8-4-5-10(16)9(15)6-8/h4-7H,1-3H3,(H,17,18,19). The molecular formula is C14H14BrFN2OS. The number of halogens is 2. The van der Waals surface area contributed by atoms with Crippen LogP contribution in [0.4, 0.5) is 9.52 Å². The number of hydrogen-bond donors (Lipinski definition) is 1. The first-order valence-electron chi connectivity index (χ1n) is 6.00. The summed E-state index contributed by atoms with van der Waals surface area (Å²) in [5, 5.41) is 5.19. The molecule has 1 heterocycles. The molecule has 1 aromatic heterocycles. The third-order valence-electron chi connectivity index (χ3n) is 2.67. The number of aromatic nitrogens is 1. The summed E-state index contributed by atoms with van der Waals surface area (Å²) in [6.07, 6.45) is 0. The highest BCUT2D eigenvalue weighted by Gasteiger charge is 2.18. The fraction of sp³-hybridized carbons (Fsp3) is 0.286. The van der Waals surface area contributed by atoms with Gasteiger partial charge < -0.3 is 0 Å². The van der Waals surface area contributed by atoms with Gasteiger partial charge in [-0.05, 0) is 34.1 Å². The van der Waals surface area contributed by atoms with Crippen molar-refractivity contribution < 1.29 is 9.18 Å². The van der Waals surface area contributed by atoms with Gasteiger partial charge in [0.1, 0.15) is 5.82 Å². The van der Waals surface area contributed by atoms with Crippen LogP contribution in [0.2, 0.25) is 0 Å². The molecule has 0 spiro atoms. The van der Waals surface area contributed by atoms with Gasteiger partial charge in [0.2, 0.25) is 0 Å². The van der Waals surface area contributed by atoms with Crippen molar-refractivity contribution in [1.29, 1.82) is 0 Å². The van der Waals surface area contributed by atoms with Crippen LogP contribution in [0.5, 0.6) is 0 Å². The number of hydrogen-bond acceptors (Lipinski definition) is 3. The van der Waals surface area contributed by atoms with Crippen LogP contribution in [0.15, 0.2) is 28.1 Å². The van der Waals surface area contributed by atoms with Gasteiger partial charge in [0.25, 0.3) is 5.91 Å². The minimum absolute atomic E-state index is 0.0572. The van der Waals surface area contributed by atoms with Crippen LogP contribution < -0.4 is 5.32 Å². The Balaban J connectivity index is 2.15. The second kappa shape index (κ2) is 5.61. The molecule has 0 radical (unpaired) electrons. The van der Waals surface area contributed by atoms with Crippen LogP contribution >= 0.6 is 27.3 Å². The topological polar surface area (TPSA) is 42.0 Å². The summed E-state index contributed by atoms with van der Waals surface area (Å²) in [6.45, 7) is 6.18. The van der Waals surface area contributed by atoms with E-state index in [2.05, 4.69) is 47.0 Å². The van der Waals surface area contributed by atoms with E-state index in [1.807, 2.05) is 5.38 Å². The van der Waals surface area contributed by atoms with Gasteiger partial charge in [-0.2, -0.15) is 0 Å². The summed E-state index contributed by atoms with van der Waals surface area (Å²) in [5.41, 5.74) is 1.25. The molecule has 0 aliphatic heterocycles. The Labute approximate surface area is 129 Å². The Morgan fingerprint density at radius 2 is 2.10 bits per heavy atom. The molecular weight excluding hydrogens is 343 g/mol. The largest absolute Gasteiger partial charge is 0.298 e. The van der Waals surface area contributed by atoms with Crippen LogP contribution in [-0.2, 0) is 5.41 Å². The number of carbonyl (C=O) groups excluding carboxylic acids is 1. The lowest BCUT2D eigenvalue weighted by Crippen LogP contribution is -2.14. The molecule has 1 N–H and O–H groups in total. The summed E-state index contributed by atoms with van der Waals surface area (Å²) in [4.78, 5) is 16.4. The normalized spacial score (nSPS) is 11.4. The van der Waals surface area contributed by atoms with Crippen molar-refractivity contribution in [3.05, 3.63) is 45.1 Å². The van der Waals surface area contributed by atoms with Gasteiger partial charge in [0.05, 0.1) is 10.2 Å². The third kappa shape index (κ3) is 3.43. The molecule has 0 aliphatic carbocycles. The predicted octanol–water partition coefficient (Wildman–Crippen LogP) is 4.59. The van der Waals surface area contributed by atoms with E-state index in [-0.39, 0.29) is 15.8 Å². The van der Waals surface area contributed by atoms with Gasteiger partial charge in [-0.25, -0.2) is 9.37 Å². The number of anilines is 1. The van der Waals surface area contributed by atoms with Crippen LogP contribution in [0, 0.1) is 5.82 Å². The summed E-state index contributed by atoms with van der Waals surface area (Å²) in [6, 6.07) is 4.14. The van der Waals surface area contributed by atoms with E-state index < -0.39 is 5.82 Å². The van der Waals surface area contributed by atoms with E-state index in [9.17, 15) is 9.18 Å². The first-order valence-corrected chi connectivity index (χ1v) is 7.67. The Bertz CT molecular complexity index is 649. The molecule has 0 saturated carbocycles. The smallest absolute Gasteiger partial charge is 0.257 e. The highest BCUT2D eigenvalue weighted by atomic mass is 79.9. The third-order valence-corrected chi connectivity index (χ3v) is 4.04. The molecule has 0 aliphatic rings. The number of carbonyl (C=O) groups is 1. The molecule has 6 heteroatoms. The highest BCUT2D eigenvalue weighted by molar-refractivity contribution is 9.10. The van der Waals surface area contributed by atoms with Crippen molar-refractivity contribution in [1.82, 2.24) is 4.98 Å². The number of thiazole rings is 1. The zero-order chi connectivity index (χ0) is 14.9. The summed E-state index contributed by atoms with van der Waals surface area (Å²) in [7, 11) is 0. The van der Waals surface area contributed by atoms with Gasteiger partial charge in [-0.1, -0.05) is 20.8 Å². The van der Waals surface area contributed by atoms with Crippen LogP contribution in [0.3, 0.4) is 0 Å². The average molecular weight is 357 g/mol. The Morgan fingerprint density at radius 3 is 2.65 bits per heavy atom. The molecule has 0 unspecified atom stereocenters. The Hall–Kier alpha value is -1.27. The van der Waals surface area contributed by atoms with Gasteiger partial charge >= 0.3 is 0 Å². The molecule has 3 nitrogen and oxygen atoms in total. The Kier molecular flexibility index (Phi) is 4.25. The van der Waals surface area contributed by atoms with Crippen molar-refractivity contribution in [2.24, 2.45) is 0 Å². The summed E-state index contributed by atoms with van der Waals surface area (Å²) >= 11 is 4.44. The van der Waals surface area contributed by atoms with E-state index in [0.717, 1.165) is 5.69 Å². The molecule has 106 valence electrons. The molecule has 2 rings (SSSR count). The maximum atomic E-state index is 13.1. The van der Waals surface area contributed by atoms with Gasteiger partial charge in [0, 0.05) is 16.4 Å². The minimum atomic E-state index is -0.397. The van der Waals surface area contributed by atoms with Crippen molar-refractivity contribution in [2.75, 3.05) is 5.32 Å².